The van der Waals surface area contributed by atoms with Crippen LogP contribution in [0.15, 0.2) is 30.3 Å². The van der Waals surface area contributed by atoms with E-state index >= 15 is 0 Å². The highest BCUT2D eigenvalue weighted by Crippen LogP contribution is 2.26. The van der Waals surface area contributed by atoms with E-state index in [4.69, 9.17) is 0 Å². The number of hydrogen-bond donors (Lipinski definition) is 0. The molecule has 2 nitrogen and oxygen atoms in total. The van der Waals surface area contributed by atoms with Gasteiger partial charge in [-0.2, -0.15) is 0 Å². The van der Waals surface area contributed by atoms with E-state index in [0.717, 1.165) is 13.1 Å². The first-order chi connectivity index (χ1) is 7.20. The number of para-hydroxylation sites is 1. The Morgan fingerprint density at radius 1 is 1.13 bits per heavy atom. The Morgan fingerprint density at radius 2 is 1.80 bits per heavy atom. The summed E-state index contributed by atoms with van der Waals surface area (Å²) in [5, 5.41) is 0. The predicted octanol–water partition coefficient (Wildman–Crippen LogP) is 2.42. The molecule has 1 aromatic rings. The van der Waals surface area contributed by atoms with Crippen LogP contribution in [0.25, 0.3) is 0 Å². The van der Waals surface area contributed by atoms with E-state index in [1.807, 2.05) is 0 Å². The van der Waals surface area contributed by atoms with Crippen LogP contribution in [-0.2, 0) is 0 Å². The van der Waals surface area contributed by atoms with Crippen LogP contribution >= 0.6 is 0 Å². The highest BCUT2D eigenvalue weighted by molar-refractivity contribution is 5.48. The van der Waals surface area contributed by atoms with E-state index in [-0.39, 0.29) is 0 Å². The zero-order valence-corrected chi connectivity index (χ0v) is 9.85. The van der Waals surface area contributed by atoms with Crippen LogP contribution in [0.4, 0.5) is 5.69 Å². The van der Waals surface area contributed by atoms with Crippen molar-refractivity contribution in [2.24, 2.45) is 5.92 Å². The van der Waals surface area contributed by atoms with Crippen molar-refractivity contribution >= 4 is 5.69 Å². The molecule has 2 rings (SSSR count). The number of likely N-dealkylation sites (N-methyl/N-ethyl adjacent to an activating group) is 1. The molecule has 1 saturated heterocycles. The van der Waals surface area contributed by atoms with Gasteiger partial charge < -0.3 is 4.90 Å². The van der Waals surface area contributed by atoms with Gasteiger partial charge in [0.2, 0.25) is 0 Å². The van der Waals surface area contributed by atoms with Crippen LogP contribution < -0.4 is 4.90 Å². The highest BCUT2D eigenvalue weighted by atomic mass is 15.4. The molecule has 1 aromatic carbocycles. The molecule has 0 saturated carbocycles. The van der Waals surface area contributed by atoms with E-state index in [9.17, 15) is 0 Å². The Morgan fingerprint density at radius 3 is 2.40 bits per heavy atom. The first-order valence-electron chi connectivity index (χ1n) is 5.72. The van der Waals surface area contributed by atoms with E-state index < -0.39 is 0 Å². The summed E-state index contributed by atoms with van der Waals surface area (Å²) < 4.78 is 0. The largest absolute Gasteiger partial charge is 0.354 e. The van der Waals surface area contributed by atoms with Crippen molar-refractivity contribution in [2.75, 3.05) is 25.0 Å². The zero-order chi connectivity index (χ0) is 10.8. The van der Waals surface area contributed by atoms with Crippen molar-refractivity contribution in [3.8, 4) is 0 Å². The first-order valence-corrected chi connectivity index (χ1v) is 5.72. The SMILES string of the molecule is CC(C)C1N(C)CCN1c1ccccc1. The van der Waals surface area contributed by atoms with E-state index in [1.54, 1.807) is 0 Å². The average Bonchev–Trinajstić information content (AvgIpc) is 2.61. The second-order valence-electron chi connectivity index (χ2n) is 4.67. The van der Waals surface area contributed by atoms with Crippen molar-refractivity contribution in [2.45, 2.75) is 20.0 Å². The van der Waals surface area contributed by atoms with Crippen LogP contribution in [-0.4, -0.2) is 31.2 Å². The Hall–Kier alpha value is -1.02. The smallest absolute Gasteiger partial charge is 0.0842 e. The summed E-state index contributed by atoms with van der Waals surface area (Å²) in [6, 6.07) is 10.7. The van der Waals surface area contributed by atoms with Gasteiger partial charge in [-0.25, -0.2) is 0 Å². The lowest BCUT2D eigenvalue weighted by Crippen LogP contribution is -2.41. The Bertz CT molecular complexity index is 308. The minimum atomic E-state index is 0.549. The molecule has 0 spiro atoms. The van der Waals surface area contributed by atoms with Gasteiger partial charge in [0.15, 0.2) is 0 Å². The molecule has 1 unspecified atom stereocenters. The molecule has 1 atom stereocenters. The third-order valence-corrected chi connectivity index (χ3v) is 3.15. The summed E-state index contributed by atoms with van der Waals surface area (Å²) >= 11 is 0. The van der Waals surface area contributed by atoms with E-state index in [1.165, 1.54) is 5.69 Å². The topological polar surface area (TPSA) is 6.48 Å². The quantitative estimate of drug-likeness (QED) is 0.730. The van der Waals surface area contributed by atoms with E-state index in [0.29, 0.717) is 12.1 Å². The van der Waals surface area contributed by atoms with Gasteiger partial charge in [-0.3, -0.25) is 4.90 Å². The van der Waals surface area contributed by atoms with Crippen LogP contribution in [0.1, 0.15) is 13.8 Å². The molecule has 1 fully saturated rings. The standard InChI is InChI=1S/C13H20N2/c1-11(2)13-14(3)9-10-15(13)12-7-5-4-6-8-12/h4-8,11,13H,9-10H2,1-3H3. The first kappa shape index (κ1) is 10.5. The molecule has 1 heterocycles. The molecule has 82 valence electrons. The average molecular weight is 204 g/mol. The Labute approximate surface area is 92.5 Å². The lowest BCUT2D eigenvalue weighted by Gasteiger charge is -2.32. The van der Waals surface area contributed by atoms with Gasteiger partial charge in [-0.05, 0) is 25.1 Å². The summed E-state index contributed by atoms with van der Waals surface area (Å²) in [7, 11) is 2.22. The highest BCUT2D eigenvalue weighted by Gasteiger charge is 2.31. The molecule has 0 N–H and O–H groups in total. The lowest BCUT2D eigenvalue weighted by atomic mass is 10.1. The molecular weight excluding hydrogens is 184 g/mol. The van der Waals surface area contributed by atoms with Gasteiger partial charge in [-0.15, -0.1) is 0 Å². The van der Waals surface area contributed by atoms with Crippen LogP contribution in [0.2, 0.25) is 0 Å². The molecule has 1 aliphatic rings. The second kappa shape index (κ2) is 4.23. The molecule has 0 aliphatic carbocycles. The third kappa shape index (κ3) is 2.00. The summed E-state index contributed by atoms with van der Waals surface area (Å²) in [6.07, 6.45) is 0.549. The molecule has 0 aromatic heterocycles. The summed E-state index contributed by atoms with van der Waals surface area (Å²) in [5.41, 5.74) is 1.35. The van der Waals surface area contributed by atoms with Crippen LogP contribution in [0.5, 0.6) is 0 Å². The maximum Gasteiger partial charge on any atom is 0.0842 e. The molecule has 1 aliphatic heterocycles. The van der Waals surface area contributed by atoms with Crippen LogP contribution in [0, 0.1) is 5.92 Å². The lowest BCUT2D eigenvalue weighted by molar-refractivity contribution is 0.251. The molecule has 0 amide bonds. The van der Waals surface area contributed by atoms with Gasteiger partial charge in [0, 0.05) is 18.8 Å². The monoisotopic (exact) mass is 204 g/mol. The number of rotatable bonds is 2. The Balaban J connectivity index is 2.22. The normalized spacial score (nSPS) is 22.7. The van der Waals surface area contributed by atoms with Gasteiger partial charge in [0.05, 0.1) is 6.17 Å². The van der Waals surface area contributed by atoms with Gasteiger partial charge in [0.25, 0.3) is 0 Å². The molecule has 0 bridgehead atoms. The van der Waals surface area contributed by atoms with Crippen molar-refractivity contribution in [3.63, 3.8) is 0 Å². The van der Waals surface area contributed by atoms with Gasteiger partial charge >= 0.3 is 0 Å². The van der Waals surface area contributed by atoms with Crippen LogP contribution in [0.3, 0.4) is 0 Å². The van der Waals surface area contributed by atoms with Crippen molar-refractivity contribution < 1.29 is 0 Å². The number of anilines is 1. The fourth-order valence-corrected chi connectivity index (χ4v) is 2.54. The minimum Gasteiger partial charge on any atom is -0.354 e. The molecular formula is C13H20N2. The maximum absolute atomic E-state index is 2.50. The summed E-state index contributed by atoms with van der Waals surface area (Å²) in [5.74, 6) is 0.665. The van der Waals surface area contributed by atoms with Gasteiger partial charge in [0.1, 0.15) is 0 Å². The Kier molecular flexibility index (Phi) is 2.96. The number of benzene rings is 1. The second-order valence-corrected chi connectivity index (χ2v) is 4.67. The minimum absolute atomic E-state index is 0.549. The fourth-order valence-electron chi connectivity index (χ4n) is 2.54. The molecule has 15 heavy (non-hydrogen) atoms. The van der Waals surface area contributed by atoms with Crippen molar-refractivity contribution in [1.82, 2.24) is 4.90 Å². The summed E-state index contributed by atoms with van der Waals surface area (Å²) in [6.45, 7) is 6.89. The van der Waals surface area contributed by atoms with Gasteiger partial charge in [-0.1, -0.05) is 32.0 Å². The fraction of sp³-hybridized carbons (Fsp3) is 0.538. The number of hydrogen-bond acceptors (Lipinski definition) is 2. The van der Waals surface area contributed by atoms with Crippen molar-refractivity contribution in [3.05, 3.63) is 30.3 Å². The number of nitrogens with zero attached hydrogens (tertiary/aromatic N) is 2. The van der Waals surface area contributed by atoms with E-state index in [2.05, 4.69) is 61.0 Å². The third-order valence-electron chi connectivity index (χ3n) is 3.15. The maximum atomic E-state index is 2.50. The van der Waals surface area contributed by atoms with Crippen molar-refractivity contribution in [1.29, 1.82) is 0 Å². The predicted molar refractivity (Wildman–Crippen MR) is 65.0 cm³/mol. The zero-order valence-electron chi connectivity index (χ0n) is 9.85. The molecule has 2 heteroatoms. The summed E-state index contributed by atoms with van der Waals surface area (Å²) in [4.78, 5) is 4.95. The molecule has 0 radical (unpaired) electrons.